The van der Waals surface area contributed by atoms with Crippen LogP contribution in [0.2, 0.25) is 5.02 Å². The van der Waals surface area contributed by atoms with Gasteiger partial charge in [-0.15, -0.1) is 0 Å². The Morgan fingerprint density at radius 2 is 1.67 bits per heavy atom. The molecule has 1 saturated heterocycles. The van der Waals surface area contributed by atoms with Crippen molar-refractivity contribution in [3.63, 3.8) is 0 Å². The summed E-state index contributed by atoms with van der Waals surface area (Å²) < 4.78 is 15.3. The molecule has 2 fully saturated rings. The maximum absolute atomic E-state index is 14.2. The molecular weight excluding hydrogens is 744 g/mol. The van der Waals surface area contributed by atoms with Crippen LogP contribution in [-0.2, 0) is 0 Å². The van der Waals surface area contributed by atoms with Gasteiger partial charge >= 0.3 is 5.69 Å². The van der Waals surface area contributed by atoms with Crippen molar-refractivity contribution in [2.24, 2.45) is 16.6 Å². The van der Waals surface area contributed by atoms with E-state index in [9.17, 15) is 19.6 Å². The minimum atomic E-state index is -0.614. The molecule has 0 bridgehead atoms. The molecule has 7 rings (SSSR count). The Hall–Kier alpha value is -5.71. The molecule has 1 aliphatic heterocycles. The molecule has 2 aromatic carbocycles. The summed E-state index contributed by atoms with van der Waals surface area (Å²) in [4.78, 5) is 52.6. The first-order valence-electron chi connectivity index (χ1n) is 19.2. The van der Waals surface area contributed by atoms with Gasteiger partial charge in [-0.3, -0.25) is 28.6 Å². The average molecular weight is 791 g/mol. The number of primary amides is 1. The van der Waals surface area contributed by atoms with Crippen molar-refractivity contribution < 1.29 is 14.3 Å². The van der Waals surface area contributed by atoms with Crippen molar-refractivity contribution in [2.45, 2.75) is 59.1 Å². The summed E-state index contributed by atoms with van der Waals surface area (Å²) in [6, 6.07) is 19.1. The van der Waals surface area contributed by atoms with Crippen molar-refractivity contribution in [2.75, 3.05) is 44.2 Å². The number of hydrogen-bond acceptors (Lipinski definition) is 10. The number of amides is 1. The van der Waals surface area contributed by atoms with Crippen LogP contribution < -0.4 is 31.4 Å². The molecule has 0 radical (unpaired) electrons. The molecule has 296 valence electrons. The lowest BCUT2D eigenvalue weighted by Gasteiger charge is -2.62. The molecule has 0 atom stereocenters. The fourth-order valence-electron chi connectivity index (χ4n) is 8.84. The highest BCUT2D eigenvalue weighted by atomic mass is 35.5. The number of ether oxygens (including phenoxy) is 2. The fraction of sp³-hybridized carbons (Fsp3) is 0.395. The number of benzene rings is 2. The number of halogens is 1. The van der Waals surface area contributed by atoms with Crippen molar-refractivity contribution >= 4 is 34.2 Å². The monoisotopic (exact) mass is 790 g/mol. The van der Waals surface area contributed by atoms with Gasteiger partial charge in [-0.25, -0.2) is 9.78 Å². The zero-order valence-electron chi connectivity index (χ0n) is 32.7. The predicted molar refractivity (Wildman–Crippen MR) is 220 cm³/mol. The van der Waals surface area contributed by atoms with Crippen LogP contribution in [-0.4, -0.2) is 75.3 Å². The van der Waals surface area contributed by atoms with Crippen LogP contribution >= 0.6 is 11.6 Å². The molecule has 2 aliphatic rings. The molecule has 3 aromatic heterocycles. The van der Waals surface area contributed by atoms with Gasteiger partial charge in [0.15, 0.2) is 0 Å². The number of anilines is 1. The third-order valence-corrected chi connectivity index (χ3v) is 11.7. The highest BCUT2D eigenvalue weighted by molar-refractivity contribution is 6.31. The topological polar surface area (TPSA) is 162 Å². The Kier molecular flexibility index (Phi) is 11.1. The van der Waals surface area contributed by atoms with E-state index in [1.54, 1.807) is 30.5 Å². The minimum Gasteiger partial charge on any atom is -0.494 e. The van der Waals surface area contributed by atoms with Gasteiger partial charge in [-0.1, -0.05) is 39.3 Å². The van der Waals surface area contributed by atoms with Crippen LogP contribution in [0.15, 0.2) is 88.8 Å². The largest absolute Gasteiger partial charge is 0.494 e. The molecule has 0 unspecified atom stereocenters. The van der Waals surface area contributed by atoms with Crippen LogP contribution in [0, 0.1) is 22.2 Å². The summed E-state index contributed by atoms with van der Waals surface area (Å²) >= 11 is 6.27. The van der Waals surface area contributed by atoms with Gasteiger partial charge in [0.05, 0.1) is 46.2 Å². The van der Waals surface area contributed by atoms with Crippen LogP contribution in [0.25, 0.3) is 16.6 Å². The number of nitriles is 1. The lowest BCUT2D eigenvalue weighted by Crippen LogP contribution is -2.69. The Balaban J connectivity index is 0.950. The van der Waals surface area contributed by atoms with Gasteiger partial charge in [-0.2, -0.15) is 5.26 Å². The Morgan fingerprint density at radius 1 is 0.912 bits per heavy atom. The number of fused-ring (bicyclic) bond motifs is 1. The molecule has 57 heavy (non-hydrogen) atoms. The summed E-state index contributed by atoms with van der Waals surface area (Å²) in [7, 11) is 0. The molecule has 5 aromatic rings. The molecule has 1 amide bonds. The lowest BCUT2D eigenvalue weighted by atomic mass is 9.49. The second kappa shape index (κ2) is 16.0. The summed E-state index contributed by atoms with van der Waals surface area (Å²) in [6.45, 7) is 13.2. The number of piperazine rings is 1. The van der Waals surface area contributed by atoms with Crippen LogP contribution in [0.3, 0.4) is 0 Å². The number of aromatic nitrogens is 4. The summed E-state index contributed by atoms with van der Waals surface area (Å²) in [5.41, 5.74) is 5.32. The molecule has 13 nitrogen and oxygen atoms in total. The van der Waals surface area contributed by atoms with Crippen molar-refractivity contribution in [3.05, 3.63) is 116 Å². The Labute approximate surface area is 336 Å². The highest BCUT2D eigenvalue weighted by Gasteiger charge is 2.65. The SMILES string of the molecule is CC1(C)C(Oc2ccc(C#N)c(Cl)c2)C(C)(C)C1n1c(=O)ccn(-c2cnc3ccc(OCCCCCN4CCN(c5ccc(C(N)=O)cn5)CC4)cc3c2)c1=O. The van der Waals surface area contributed by atoms with E-state index in [4.69, 9.17) is 26.8 Å². The second-order valence-electron chi connectivity index (χ2n) is 16.0. The average Bonchev–Trinajstić information content (AvgIpc) is 3.19. The van der Waals surface area contributed by atoms with Gasteiger partial charge in [0.1, 0.15) is 29.5 Å². The smallest absolute Gasteiger partial charge is 0.335 e. The van der Waals surface area contributed by atoms with E-state index in [1.807, 2.05) is 58.0 Å². The molecule has 1 aliphatic carbocycles. The van der Waals surface area contributed by atoms with Crippen LogP contribution in [0.1, 0.15) is 68.9 Å². The van der Waals surface area contributed by atoms with Gasteiger partial charge in [-0.05, 0) is 74.3 Å². The normalized spacial score (nSPS) is 18.8. The third-order valence-electron chi connectivity index (χ3n) is 11.4. The van der Waals surface area contributed by atoms with E-state index in [-0.39, 0.29) is 6.10 Å². The molecule has 0 spiro atoms. The first kappa shape index (κ1) is 39.5. The van der Waals surface area contributed by atoms with Gasteiger partial charge in [0.2, 0.25) is 5.91 Å². The predicted octanol–water partition coefficient (Wildman–Crippen LogP) is 5.99. The van der Waals surface area contributed by atoms with Crippen LogP contribution in [0.4, 0.5) is 5.82 Å². The molecular formula is C43H47ClN8O5. The number of nitrogens with zero attached hydrogens (tertiary/aromatic N) is 7. The van der Waals surface area contributed by atoms with Crippen molar-refractivity contribution in [1.29, 1.82) is 5.26 Å². The number of nitrogens with two attached hydrogens (primary N) is 1. The Morgan fingerprint density at radius 3 is 2.35 bits per heavy atom. The molecule has 14 heteroatoms. The number of unbranched alkanes of at least 4 members (excludes halogenated alkanes) is 2. The lowest BCUT2D eigenvalue weighted by molar-refractivity contribution is -0.189. The molecule has 1 saturated carbocycles. The first-order valence-corrected chi connectivity index (χ1v) is 19.6. The zero-order valence-corrected chi connectivity index (χ0v) is 33.4. The maximum atomic E-state index is 14.2. The minimum absolute atomic E-state index is 0.298. The van der Waals surface area contributed by atoms with Gasteiger partial charge in [0, 0.05) is 66.9 Å². The van der Waals surface area contributed by atoms with Gasteiger partial charge in [0.25, 0.3) is 5.56 Å². The summed E-state index contributed by atoms with van der Waals surface area (Å²) in [6.07, 6.45) is 7.35. The van der Waals surface area contributed by atoms with E-state index in [1.165, 1.54) is 27.6 Å². The standard InChI is InChI=1S/C43H47ClN8O5/c1-42(2)39(43(3,4)40(42)57-33-10-8-28(25-45)34(44)24-33)52-37(53)14-16-51(41(52)55)31-22-30-23-32(11-12-35(30)47-27-31)56-21-7-5-6-15-49-17-19-50(20-18-49)36-13-9-29(26-48-36)38(46)54/h8-14,16,22-24,26-27,39-40H,5-7,15,17-21H2,1-4H3,(H2,46,54). The maximum Gasteiger partial charge on any atom is 0.335 e. The van der Waals surface area contributed by atoms with Crippen molar-refractivity contribution in [3.8, 4) is 23.3 Å². The first-order chi connectivity index (χ1) is 27.3. The summed E-state index contributed by atoms with van der Waals surface area (Å²) in [5.74, 6) is 1.63. The zero-order chi connectivity index (χ0) is 40.5. The Bertz CT molecular complexity index is 2430. The van der Waals surface area contributed by atoms with E-state index in [2.05, 4.69) is 25.8 Å². The molecule has 2 N–H and O–H groups in total. The molecule has 4 heterocycles. The van der Waals surface area contributed by atoms with E-state index in [0.29, 0.717) is 34.2 Å². The fourth-order valence-corrected chi connectivity index (χ4v) is 9.06. The third kappa shape index (κ3) is 7.97. The number of rotatable bonds is 13. The number of carbonyl (C=O) groups excluding carboxylic acids is 1. The number of pyridine rings is 2. The number of hydrogen-bond donors (Lipinski definition) is 1. The quantitative estimate of drug-likeness (QED) is 0.140. The van der Waals surface area contributed by atoms with E-state index < -0.39 is 34.0 Å². The van der Waals surface area contributed by atoms with Gasteiger partial charge < -0.3 is 20.1 Å². The number of carbonyl (C=O) groups is 1. The van der Waals surface area contributed by atoms with Crippen molar-refractivity contribution in [1.82, 2.24) is 24.0 Å². The van der Waals surface area contributed by atoms with E-state index in [0.717, 1.165) is 74.5 Å². The summed E-state index contributed by atoms with van der Waals surface area (Å²) in [5, 5.41) is 10.4. The van der Waals surface area contributed by atoms with Crippen LogP contribution in [0.5, 0.6) is 11.5 Å². The van der Waals surface area contributed by atoms with E-state index >= 15 is 0 Å². The highest BCUT2D eigenvalue weighted by Crippen LogP contribution is 2.62. The second-order valence-corrected chi connectivity index (χ2v) is 16.4.